The van der Waals surface area contributed by atoms with Crippen molar-refractivity contribution in [3.8, 4) is 11.5 Å². The van der Waals surface area contributed by atoms with E-state index in [1.807, 2.05) is 0 Å². The molecule has 0 spiro atoms. The highest BCUT2D eigenvalue weighted by atomic mass is 19.1. The van der Waals surface area contributed by atoms with Crippen molar-refractivity contribution in [2.24, 2.45) is 0 Å². The Hall–Kier alpha value is -3.16. The smallest absolute Gasteiger partial charge is 0.341 e. The van der Waals surface area contributed by atoms with Crippen molar-refractivity contribution in [3.63, 3.8) is 0 Å². The molecule has 2 aromatic carbocycles. The summed E-state index contributed by atoms with van der Waals surface area (Å²) in [5, 5.41) is 11.4. The second-order valence-corrected chi connectivity index (χ2v) is 5.88. The molecule has 28 heavy (non-hydrogen) atoms. The lowest BCUT2D eigenvalue weighted by Crippen LogP contribution is -2.29. The third-order valence-electron chi connectivity index (χ3n) is 3.90. The fraction of sp³-hybridized carbons (Fsp3) is 0.300. The van der Waals surface area contributed by atoms with Crippen LogP contribution in [0.1, 0.15) is 42.2 Å². The van der Waals surface area contributed by atoms with E-state index in [0.29, 0.717) is 6.42 Å². The van der Waals surface area contributed by atoms with E-state index in [-0.39, 0.29) is 29.2 Å². The molecule has 0 aromatic heterocycles. The standard InChI is InChI=1S/C20H21F2NO5/c1-3-16(14-10-13(21)6-7-15(14)22)23-20(26)12-5-8-17(28-11-19(24)25)18(9-12)27-4-2/h5-10,16H,3-4,11H2,1-2H3,(H,23,26)(H,24,25). The van der Waals surface area contributed by atoms with Gasteiger partial charge in [-0.3, -0.25) is 4.79 Å². The number of halogens is 2. The second kappa shape index (κ2) is 9.68. The number of nitrogens with one attached hydrogen (secondary N) is 1. The summed E-state index contributed by atoms with van der Waals surface area (Å²) >= 11 is 0. The number of amides is 1. The molecule has 0 aliphatic carbocycles. The lowest BCUT2D eigenvalue weighted by atomic mass is 10.0. The molecule has 1 amide bonds. The zero-order valence-corrected chi connectivity index (χ0v) is 15.5. The van der Waals surface area contributed by atoms with Crippen LogP contribution in [0.4, 0.5) is 8.78 Å². The van der Waals surface area contributed by atoms with Crippen molar-refractivity contribution >= 4 is 11.9 Å². The van der Waals surface area contributed by atoms with E-state index >= 15 is 0 Å². The number of rotatable bonds is 9. The van der Waals surface area contributed by atoms with Crippen molar-refractivity contribution in [1.29, 1.82) is 0 Å². The molecule has 2 rings (SSSR count). The molecule has 0 radical (unpaired) electrons. The van der Waals surface area contributed by atoms with Crippen LogP contribution in [0.5, 0.6) is 11.5 Å². The molecule has 0 heterocycles. The summed E-state index contributed by atoms with van der Waals surface area (Å²) < 4.78 is 38.0. The van der Waals surface area contributed by atoms with Gasteiger partial charge in [0.2, 0.25) is 0 Å². The van der Waals surface area contributed by atoms with Crippen molar-refractivity contribution in [2.45, 2.75) is 26.3 Å². The van der Waals surface area contributed by atoms with Gasteiger partial charge in [0.15, 0.2) is 18.1 Å². The van der Waals surface area contributed by atoms with Crippen LogP contribution in [0.2, 0.25) is 0 Å². The van der Waals surface area contributed by atoms with Crippen LogP contribution in [-0.4, -0.2) is 30.2 Å². The number of hydrogen-bond acceptors (Lipinski definition) is 4. The summed E-state index contributed by atoms with van der Waals surface area (Å²) in [6, 6.07) is 6.62. The first kappa shape index (κ1) is 21.1. The number of benzene rings is 2. The highest BCUT2D eigenvalue weighted by Gasteiger charge is 2.19. The molecule has 0 fully saturated rings. The van der Waals surface area contributed by atoms with Gasteiger partial charge in [-0.15, -0.1) is 0 Å². The summed E-state index contributed by atoms with van der Waals surface area (Å²) in [5.74, 6) is -2.47. The van der Waals surface area contributed by atoms with Crippen LogP contribution >= 0.6 is 0 Å². The molecule has 0 aliphatic heterocycles. The summed E-state index contributed by atoms with van der Waals surface area (Å²) in [6.07, 6.45) is 0.351. The zero-order valence-electron chi connectivity index (χ0n) is 15.5. The third kappa shape index (κ3) is 5.42. The molecule has 0 aliphatic rings. The number of carboxylic acids is 1. The molecule has 0 saturated carbocycles. The van der Waals surface area contributed by atoms with Crippen LogP contribution in [0.25, 0.3) is 0 Å². The topological polar surface area (TPSA) is 84.9 Å². The SMILES string of the molecule is CCOc1cc(C(=O)NC(CC)c2cc(F)ccc2F)ccc1OCC(=O)O. The molecule has 1 unspecified atom stereocenters. The summed E-state index contributed by atoms with van der Waals surface area (Å²) in [5.41, 5.74) is 0.267. The van der Waals surface area contributed by atoms with Gasteiger partial charge in [0.25, 0.3) is 5.91 Å². The van der Waals surface area contributed by atoms with Gasteiger partial charge in [0, 0.05) is 11.1 Å². The number of ether oxygens (including phenoxy) is 2. The van der Waals surface area contributed by atoms with E-state index in [9.17, 15) is 18.4 Å². The van der Waals surface area contributed by atoms with E-state index < -0.39 is 36.2 Å². The molecular formula is C20H21F2NO5. The van der Waals surface area contributed by atoms with Crippen LogP contribution < -0.4 is 14.8 Å². The van der Waals surface area contributed by atoms with Crippen molar-refractivity contribution in [3.05, 3.63) is 59.2 Å². The zero-order chi connectivity index (χ0) is 20.7. The average Bonchev–Trinajstić information content (AvgIpc) is 2.67. The van der Waals surface area contributed by atoms with Gasteiger partial charge in [-0.1, -0.05) is 6.92 Å². The largest absolute Gasteiger partial charge is 0.490 e. The molecule has 0 saturated heterocycles. The summed E-state index contributed by atoms with van der Waals surface area (Å²) in [4.78, 5) is 23.3. The number of carboxylic acid groups (broad SMARTS) is 1. The van der Waals surface area contributed by atoms with E-state index in [2.05, 4.69) is 5.32 Å². The maximum absolute atomic E-state index is 14.0. The minimum absolute atomic E-state index is 0.0577. The minimum atomic E-state index is -1.15. The summed E-state index contributed by atoms with van der Waals surface area (Å²) in [7, 11) is 0. The first-order valence-corrected chi connectivity index (χ1v) is 8.72. The number of carbonyl (C=O) groups excluding carboxylic acids is 1. The molecule has 1 atom stereocenters. The van der Waals surface area contributed by atoms with E-state index in [1.165, 1.54) is 18.2 Å². The highest BCUT2D eigenvalue weighted by Crippen LogP contribution is 2.29. The number of aliphatic carboxylic acids is 1. The Morgan fingerprint density at radius 3 is 2.46 bits per heavy atom. The quantitative estimate of drug-likeness (QED) is 0.679. The molecule has 0 bridgehead atoms. The first-order valence-electron chi connectivity index (χ1n) is 8.72. The fourth-order valence-corrected chi connectivity index (χ4v) is 2.60. The van der Waals surface area contributed by atoms with Gasteiger partial charge in [-0.25, -0.2) is 13.6 Å². The van der Waals surface area contributed by atoms with Gasteiger partial charge < -0.3 is 19.9 Å². The van der Waals surface area contributed by atoms with Gasteiger partial charge in [0.05, 0.1) is 12.6 Å². The Labute approximate surface area is 161 Å². The van der Waals surface area contributed by atoms with Gasteiger partial charge >= 0.3 is 5.97 Å². The Bertz CT molecular complexity index is 856. The molecule has 6 nitrogen and oxygen atoms in total. The van der Waals surface area contributed by atoms with Crippen molar-refractivity contribution < 1.29 is 33.0 Å². The predicted octanol–water partition coefficient (Wildman–Crippen LogP) is 3.71. The predicted molar refractivity (Wildman–Crippen MR) is 97.6 cm³/mol. The molecule has 150 valence electrons. The van der Waals surface area contributed by atoms with Gasteiger partial charge in [-0.05, 0) is 49.7 Å². The average molecular weight is 393 g/mol. The summed E-state index contributed by atoms with van der Waals surface area (Å²) in [6.45, 7) is 3.19. The Morgan fingerprint density at radius 1 is 1.07 bits per heavy atom. The Morgan fingerprint density at radius 2 is 1.82 bits per heavy atom. The van der Waals surface area contributed by atoms with Gasteiger partial charge in [-0.2, -0.15) is 0 Å². The number of hydrogen-bond donors (Lipinski definition) is 2. The molecule has 2 N–H and O–H groups in total. The molecule has 2 aromatic rings. The van der Waals surface area contributed by atoms with Gasteiger partial charge in [0.1, 0.15) is 11.6 Å². The fourth-order valence-electron chi connectivity index (χ4n) is 2.60. The van der Waals surface area contributed by atoms with Crippen LogP contribution in [-0.2, 0) is 4.79 Å². The Balaban J connectivity index is 2.23. The first-order chi connectivity index (χ1) is 13.3. The second-order valence-electron chi connectivity index (χ2n) is 5.88. The monoisotopic (exact) mass is 393 g/mol. The van der Waals surface area contributed by atoms with E-state index in [1.54, 1.807) is 13.8 Å². The van der Waals surface area contributed by atoms with E-state index in [4.69, 9.17) is 14.6 Å². The van der Waals surface area contributed by atoms with Crippen LogP contribution in [0.3, 0.4) is 0 Å². The van der Waals surface area contributed by atoms with Crippen molar-refractivity contribution in [1.82, 2.24) is 5.32 Å². The number of carbonyl (C=O) groups is 2. The molecule has 8 heteroatoms. The lowest BCUT2D eigenvalue weighted by molar-refractivity contribution is -0.139. The highest BCUT2D eigenvalue weighted by molar-refractivity contribution is 5.95. The Kier molecular flexibility index (Phi) is 7.31. The normalized spacial score (nSPS) is 11.6. The lowest BCUT2D eigenvalue weighted by Gasteiger charge is -2.19. The van der Waals surface area contributed by atoms with Crippen LogP contribution in [0.15, 0.2) is 36.4 Å². The van der Waals surface area contributed by atoms with Crippen molar-refractivity contribution in [2.75, 3.05) is 13.2 Å². The van der Waals surface area contributed by atoms with Crippen LogP contribution in [0, 0.1) is 11.6 Å². The maximum atomic E-state index is 14.0. The van der Waals surface area contributed by atoms with E-state index in [0.717, 1.165) is 18.2 Å². The maximum Gasteiger partial charge on any atom is 0.341 e. The third-order valence-corrected chi connectivity index (χ3v) is 3.90. The minimum Gasteiger partial charge on any atom is -0.490 e. The molecular weight excluding hydrogens is 372 g/mol.